The first kappa shape index (κ1) is 14.8. The molecule has 1 aromatic rings. The van der Waals surface area contributed by atoms with Crippen molar-refractivity contribution in [2.45, 2.75) is 38.8 Å². The fourth-order valence-electron chi connectivity index (χ4n) is 1.84. The normalized spacial score (nSPS) is 15.4. The minimum Gasteiger partial charge on any atom is -0.409 e. The van der Waals surface area contributed by atoms with Crippen LogP contribution >= 0.6 is 11.6 Å². The molecule has 2 unspecified atom stereocenters. The van der Waals surface area contributed by atoms with Gasteiger partial charge in [-0.3, -0.25) is 0 Å². The number of oxime groups is 1. The third-order valence-electron chi connectivity index (χ3n) is 2.91. The Kier molecular flexibility index (Phi) is 5.95. The van der Waals surface area contributed by atoms with Gasteiger partial charge in [-0.15, -0.1) is 0 Å². The standard InChI is InChI=1S/C13H20ClN3O/c1-3-12(8-13(15)17-18)16-9(2)10-5-4-6-11(14)7-10/h4-7,9,12,16,18H,3,8H2,1-2H3,(H2,15,17). The molecule has 4 N–H and O–H groups in total. The Morgan fingerprint density at radius 3 is 2.83 bits per heavy atom. The van der Waals surface area contributed by atoms with Crippen molar-refractivity contribution in [3.05, 3.63) is 34.9 Å². The highest BCUT2D eigenvalue weighted by atomic mass is 35.5. The first-order valence-electron chi connectivity index (χ1n) is 6.04. The predicted molar refractivity (Wildman–Crippen MR) is 75.1 cm³/mol. The number of hydrogen-bond donors (Lipinski definition) is 3. The molecule has 0 aliphatic carbocycles. The lowest BCUT2D eigenvalue weighted by Crippen LogP contribution is -2.34. The van der Waals surface area contributed by atoms with Crippen molar-refractivity contribution in [1.29, 1.82) is 0 Å². The minimum absolute atomic E-state index is 0.167. The van der Waals surface area contributed by atoms with Crippen LogP contribution in [0, 0.1) is 0 Å². The van der Waals surface area contributed by atoms with Gasteiger partial charge in [0.25, 0.3) is 0 Å². The number of amidine groups is 1. The third kappa shape index (κ3) is 4.55. The quantitative estimate of drug-likeness (QED) is 0.322. The fourth-order valence-corrected chi connectivity index (χ4v) is 2.04. The van der Waals surface area contributed by atoms with E-state index in [1.165, 1.54) is 0 Å². The topological polar surface area (TPSA) is 70.6 Å². The molecule has 0 heterocycles. The molecule has 0 saturated heterocycles. The molecule has 0 bridgehead atoms. The molecule has 0 spiro atoms. The number of hydrogen-bond acceptors (Lipinski definition) is 3. The number of nitrogens with zero attached hydrogens (tertiary/aromatic N) is 1. The summed E-state index contributed by atoms with van der Waals surface area (Å²) in [4.78, 5) is 0. The van der Waals surface area contributed by atoms with Crippen LogP contribution in [0.1, 0.15) is 38.3 Å². The van der Waals surface area contributed by atoms with Gasteiger partial charge in [0.1, 0.15) is 5.84 Å². The summed E-state index contributed by atoms with van der Waals surface area (Å²) in [7, 11) is 0. The van der Waals surface area contributed by atoms with E-state index >= 15 is 0 Å². The second kappa shape index (κ2) is 7.24. The molecular weight excluding hydrogens is 250 g/mol. The van der Waals surface area contributed by atoms with Crippen LogP contribution in [0.5, 0.6) is 0 Å². The maximum Gasteiger partial charge on any atom is 0.140 e. The van der Waals surface area contributed by atoms with Gasteiger partial charge >= 0.3 is 0 Å². The van der Waals surface area contributed by atoms with Crippen LogP contribution in [0.4, 0.5) is 0 Å². The second-order valence-electron chi connectivity index (χ2n) is 4.34. The van der Waals surface area contributed by atoms with E-state index < -0.39 is 0 Å². The Bertz CT molecular complexity index is 409. The van der Waals surface area contributed by atoms with Crippen LogP contribution in [0.25, 0.3) is 0 Å². The molecular formula is C13H20ClN3O. The molecule has 0 aliphatic rings. The van der Waals surface area contributed by atoms with Gasteiger partial charge in [0.05, 0.1) is 0 Å². The summed E-state index contributed by atoms with van der Waals surface area (Å²) >= 11 is 5.97. The summed E-state index contributed by atoms with van der Waals surface area (Å²) in [6.07, 6.45) is 1.43. The first-order chi connectivity index (χ1) is 8.56. The van der Waals surface area contributed by atoms with E-state index in [1.54, 1.807) is 0 Å². The highest BCUT2D eigenvalue weighted by molar-refractivity contribution is 6.30. The smallest absolute Gasteiger partial charge is 0.140 e. The number of nitrogens with two attached hydrogens (primary N) is 1. The van der Waals surface area contributed by atoms with E-state index in [2.05, 4.69) is 24.3 Å². The van der Waals surface area contributed by atoms with E-state index in [0.717, 1.165) is 17.0 Å². The molecule has 4 nitrogen and oxygen atoms in total. The predicted octanol–water partition coefficient (Wildman–Crippen LogP) is 2.91. The Labute approximate surface area is 113 Å². The molecule has 0 saturated carbocycles. The zero-order valence-electron chi connectivity index (χ0n) is 10.7. The van der Waals surface area contributed by atoms with Gasteiger partial charge in [0.15, 0.2) is 0 Å². The monoisotopic (exact) mass is 269 g/mol. The van der Waals surface area contributed by atoms with Gasteiger partial charge in [0, 0.05) is 23.5 Å². The van der Waals surface area contributed by atoms with Crippen LogP contribution in [0.2, 0.25) is 5.02 Å². The van der Waals surface area contributed by atoms with Crippen LogP contribution in [-0.4, -0.2) is 17.1 Å². The Morgan fingerprint density at radius 2 is 2.28 bits per heavy atom. The van der Waals surface area contributed by atoms with E-state index in [0.29, 0.717) is 6.42 Å². The van der Waals surface area contributed by atoms with Crippen molar-refractivity contribution < 1.29 is 5.21 Å². The van der Waals surface area contributed by atoms with E-state index in [4.69, 9.17) is 22.5 Å². The highest BCUT2D eigenvalue weighted by Crippen LogP contribution is 2.18. The number of benzene rings is 1. The average Bonchev–Trinajstić information content (AvgIpc) is 2.37. The number of halogens is 1. The number of nitrogens with one attached hydrogen (secondary N) is 1. The lowest BCUT2D eigenvalue weighted by Gasteiger charge is -2.22. The van der Waals surface area contributed by atoms with Crippen molar-refractivity contribution in [3.8, 4) is 0 Å². The van der Waals surface area contributed by atoms with Crippen molar-refractivity contribution >= 4 is 17.4 Å². The van der Waals surface area contributed by atoms with Crippen LogP contribution in [-0.2, 0) is 0 Å². The molecule has 0 fully saturated rings. The SMILES string of the molecule is CCC(CC(N)=NO)NC(C)c1cccc(Cl)c1. The summed E-state index contributed by atoms with van der Waals surface area (Å²) in [5, 5.41) is 15.8. The average molecular weight is 270 g/mol. The van der Waals surface area contributed by atoms with Crippen molar-refractivity contribution in [2.24, 2.45) is 10.9 Å². The summed E-state index contributed by atoms with van der Waals surface area (Å²) in [6, 6.07) is 8.09. The Hall–Kier alpha value is -1.26. The van der Waals surface area contributed by atoms with Crippen LogP contribution < -0.4 is 11.1 Å². The molecule has 0 radical (unpaired) electrons. The van der Waals surface area contributed by atoms with E-state index in [1.807, 2.05) is 24.3 Å². The maximum absolute atomic E-state index is 8.58. The molecule has 5 heteroatoms. The molecule has 2 atom stereocenters. The fraction of sp³-hybridized carbons (Fsp3) is 0.462. The number of rotatable bonds is 6. The maximum atomic E-state index is 8.58. The summed E-state index contributed by atoms with van der Waals surface area (Å²) in [6.45, 7) is 4.13. The third-order valence-corrected chi connectivity index (χ3v) is 3.15. The zero-order valence-corrected chi connectivity index (χ0v) is 11.5. The minimum atomic E-state index is 0.167. The Morgan fingerprint density at radius 1 is 1.56 bits per heavy atom. The van der Waals surface area contributed by atoms with Gasteiger partial charge in [0.2, 0.25) is 0 Å². The molecule has 100 valence electrons. The molecule has 1 aromatic carbocycles. The molecule has 0 aromatic heterocycles. The van der Waals surface area contributed by atoms with Gasteiger partial charge in [-0.2, -0.15) is 0 Å². The summed E-state index contributed by atoms with van der Waals surface area (Å²) in [5.41, 5.74) is 6.65. The molecule has 1 rings (SSSR count). The molecule has 0 aliphatic heterocycles. The lowest BCUT2D eigenvalue weighted by atomic mass is 10.0. The van der Waals surface area contributed by atoms with Crippen molar-refractivity contribution in [2.75, 3.05) is 0 Å². The van der Waals surface area contributed by atoms with E-state index in [9.17, 15) is 0 Å². The van der Waals surface area contributed by atoms with Crippen molar-refractivity contribution in [3.63, 3.8) is 0 Å². The molecule has 18 heavy (non-hydrogen) atoms. The first-order valence-corrected chi connectivity index (χ1v) is 6.42. The summed E-state index contributed by atoms with van der Waals surface area (Å²) in [5.74, 6) is 0.243. The summed E-state index contributed by atoms with van der Waals surface area (Å²) < 4.78 is 0. The second-order valence-corrected chi connectivity index (χ2v) is 4.78. The van der Waals surface area contributed by atoms with Gasteiger partial charge in [-0.25, -0.2) is 0 Å². The van der Waals surface area contributed by atoms with Crippen LogP contribution in [0.15, 0.2) is 29.4 Å². The van der Waals surface area contributed by atoms with E-state index in [-0.39, 0.29) is 17.9 Å². The largest absolute Gasteiger partial charge is 0.409 e. The van der Waals surface area contributed by atoms with Crippen molar-refractivity contribution in [1.82, 2.24) is 5.32 Å². The lowest BCUT2D eigenvalue weighted by molar-refractivity contribution is 0.315. The van der Waals surface area contributed by atoms with Gasteiger partial charge in [-0.1, -0.05) is 35.8 Å². The molecule has 0 amide bonds. The zero-order chi connectivity index (χ0) is 13.5. The van der Waals surface area contributed by atoms with Gasteiger partial charge in [-0.05, 0) is 31.0 Å². The van der Waals surface area contributed by atoms with Crippen LogP contribution in [0.3, 0.4) is 0 Å². The Balaban J connectivity index is 2.64. The van der Waals surface area contributed by atoms with Gasteiger partial charge < -0.3 is 16.3 Å². The highest BCUT2D eigenvalue weighted by Gasteiger charge is 2.13.